The van der Waals surface area contributed by atoms with Crippen LogP contribution in [0, 0.1) is 0 Å². The van der Waals surface area contributed by atoms with Gasteiger partial charge in [-0.25, -0.2) is 15.0 Å². The molecular formula is C51H32N4S. The summed E-state index contributed by atoms with van der Waals surface area (Å²) in [6, 6.07) is 53.7. The molecule has 8 aromatic carbocycles. The minimum absolute atomic E-state index is 0.180. The molecule has 4 nitrogen and oxygen atoms in total. The molecule has 0 saturated heterocycles. The molecule has 3 aromatic heterocycles. The Labute approximate surface area is 334 Å². The predicted octanol–water partition coefficient (Wildman–Crippen LogP) is 13.7. The van der Waals surface area contributed by atoms with Crippen molar-refractivity contribution in [3.05, 3.63) is 194 Å². The topological polar surface area (TPSA) is 43.6 Å². The normalized spacial score (nSPS) is 12.8. The molecule has 0 saturated carbocycles. The van der Waals surface area contributed by atoms with E-state index in [4.69, 9.17) is 21.8 Å². The van der Waals surface area contributed by atoms with Gasteiger partial charge in [-0.2, -0.15) is 0 Å². The summed E-state index contributed by atoms with van der Waals surface area (Å²) in [5.74, 6) is 1.62. The highest BCUT2D eigenvalue weighted by molar-refractivity contribution is 7.26. The number of thiophene rings is 1. The molecule has 0 atom stereocenters. The highest BCUT2D eigenvalue weighted by atomic mass is 32.1. The maximum atomic E-state index is 8.91. The fraction of sp³-hybridized carbons (Fsp3) is 0. The zero-order chi connectivity index (χ0) is 41.4. The van der Waals surface area contributed by atoms with E-state index < -0.39 is 6.04 Å². The van der Waals surface area contributed by atoms with E-state index in [9.17, 15) is 0 Å². The third-order valence-corrected chi connectivity index (χ3v) is 11.5. The summed E-state index contributed by atoms with van der Waals surface area (Å²) < 4.78 is 47.1. The quantitative estimate of drug-likeness (QED) is 0.171. The van der Waals surface area contributed by atoms with Gasteiger partial charge in [0, 0.05) is 58.9 Å². The van der Waals surface area contributed by atoms with Crippen molar-refractivity contribution >= 4 is 53.3 Å². The van der Waals surface area contributed by atoms with Crippen molar-refractivity contribution in [1.29, 1.82) is 0 Å². The van der Waals surface area contributed by atoms with Crippen LogP contribution in [0.2, 0.25) is 0 Å². The molecule has 0 aliphatic carbocycles. The van der Waals surface area contributed by atoms with Crippen LogP contribution < -0.4 is 0 Å². The highest BCUT2D eigenvalue weighted by Crippen LogP contribution is 2.44. The molecule has 3 heterocycles. The maximum Gasteiger partial charge on any atom is 0.164 e. The average molecular weight is 738 g/mol. The first-order chi connectivity index (χ1) is 29.8. The van der Waals surface area contributed by atoms with Gasteiger partial charge in [0.05, 0.1) is 17.9 Å². The standard InChI is InChI=1S/C51H32N4S/c1-4-14-33(15-5-1)38-30-43(34-16-6-2-7-17-34)48-44(31-38)42-29-26-37(32-47(42)56-48)51-53-49(35-18-8-3-9-19-35)52-50(54-51)36-24-27-39(28-25-36)55-45-22-12-10-20-40(45)41-21-11-13-23-46(41)55/h1-32H/i2D,6D,7D,16D,17D. The van der Waals surface area contributed by atoms with E-state index in [2.05, 4.69) is 95.6 Å². The van der Waals surface area contributed by atoms with E-state index in [0.717, 1.165) is 64.7 Å². The van der Waals surface area contributed by atoms with E-state index in [1.54, 1.807) is 0 Å². The van der Waals surface area contributed by atoms with Crippen molar-refractivity contribution in [1.82, 2.24) is 19.5 Å². The zero-order valence-corrected chi connectivity index (χ0v) is 30.6. The molecule has 0 spiro atoms. The number of nitrogens with zero attached hydrogens (tertiary/aromatic N) is 4. The molecule has 11 aromatic rings. The van der Waals surface area contributed by atoms with Gasteiger partial charge in [-0.15, -0.1) is 11.3 Å². The van der Waals surface area contributed by atoms with Crippen LogP contribution in [0.1, 0.15) is 6.85 Å². The Morgan fingerprint density at radius 1 is 0.411 bits per heavy atom. The molecule has 0 amide bonds. The summed E-state index contributed by atoms with van der Waals surface area (Å²) in [5, 5.41) is 4.32. The van der Waals surface area contributed by atoms with Gasteiger partial charge in [0.15, 0.2) is 17.5 Å². The summed E-state index contributed by atoms with van der Waals surface area (Å²) in [7, 11) is 0. The number of hydrogen-bond acceptors (Lipinski definition) is 4. The number of benzene rings is 8. The number of fused-ring (bicyclic) bond motifs is 6. The summed E-state index contributed by atoms with van der Waals surface area (Å²) in [6.45, 7) is 0. The lowest BCUT2D eigenvalue weighted by Gasteiger charge is -2.11. The Morgan fingerprint density at radius 2 is 0.964 bits per heavy atom. The second-order valence-electron chi connectivity index (χ2n) is 13.7. The molecule has 56 heavy (non-hydrogen) atoms. The lowest BCUT2D eigenvalue weighted by Crippen LogP contribution is -2.00. The van der Waals surface area contributed by atoms with Crippen LogP contribution in [0.4, 0.5) is 0 Å². The van der Waals surface area contributed by atoms with Crippen molar-refractivity contribution in [2.24, 2.45) is 0 Å². The van der Waals surface area contributed by atoms with Crippen LogP contribution >= 0.6 is 11.3 Å². The zero-order valence-electron chi connectivity index (χ0n) is 34.8. The van der Waals surface area contributed by atoms with E-state index >= 15 is 0 Å². The summed E-state index contributed by atoms with van der Waals surface area (Å²) in [4.78, 5) is 15.1. The Balaban J connectivity index is 1.07. The molecular weight excluding hydrogens is 701 g/mol. The Bertz CT molecular complexity index is 3450. The highest BCUT2D eigenvalue weighted by Gasteiger charge is 2.18. The van der Waals surface area contributed by atoms with Gasteiger partial charge in [0.1, 0.15) is 0 Å². The molecule has 0 aliphatic heterocycles. The van der Waals surface area contributed by atoms with Gasteiger partial charge >= 0.3 is 0 Å². The van der Waals surface area contributed by atoms with Gasteiger partial charge in [-0.1, -0.05) is 139 Å². The van der Waals surface area contributed by atoms with Crippen molar-refractivity contribution in [3.63, 3.8) is 0 Å². The van der Waals surface area contributed by atoms with Gasteiger partial charge in [0.25, 0.3) is 0 Å². The molecule has 0 aliphatic rings. The predicted molar refractivity (Wildman–Crippen MR) is 234 cm³/mol. The molecule has 262 valence electrons. The summed E-state index contributed by atoms with van der Waals surface area (Å²) in [6.07, 6.45) is 0. The SMILES string of the molecule is [2H]c1c([2H])c([2H])c(-c2cc(-c3ccccc3)cc3c2sc2cc(-c4nc(-c5ccccc5)nc(-c5ccc(-n6c7ccccc7c7ccccc76)cc5)n4)ccc23)c([2H])c1[2H]. The minimum atomic E-state index is -0.416. The van der Waals surface area contributed by atoms with Crippen LogP contribution in [0.5, 0.6) is 0 Å². The Morgan fingerprint density at radius 3 is 1.62 bits per heavy atom. The van der Waals surface area contributed by atoms with Crippen LogP contribution in [-0.4, -0.2) is 19.5 Å². The number of rotatable bonds is 6. The first-order valence-electron chi connectivity index (χ1n) is 20.9. The maximum absolute atomic E-state index is 8.91. The summed E-state index contributed by atoms with van der Waals surface area (Å²) >= 11 is 1.52. The number of aromatic nitrogens is 4. The van der Waals surface area contributed by atoms with Crippen LogP contribution in [-0.2, 0) is 0 Å². The Kier molecular flexibility index (Phi) is 6.49. The van der Waals surface area contributed by atoms with Crippen LogP contribution in [0.25, 0.3) is 104 Å². The molecule has 0 unspecified atom stereocenters. The first-order valence-corrected chi connectivity index (χ1v) is 19.2. The van der Waals surface area contributed by atoms with Crippen molar-refractivity contribution in [2.45, 2.75) is 0 Å². The fourth-order valence-corrected chi connectivity index (χ4v) is 8.94. The second-order valence-corrected chi connectivity index (χ2v) is 14.7. The van der Waals surface area contributed by atoms with Gasteiger partial charge in [-0.05, 0) is 71.3 Å². The molecule has 0 radical (unpaired) electrons. The Hall–Kier alpha value is -7.21. The molecule has 0 fully saturated rings. The van der Waals surface area contributed by atoms with Crippen molar-refractivity contribution in [3.8, 4) is 62.1 Å². The third-order valence-electron chi connectivity index (χ3n) is 10.3. The number of hydrogen-bond donors (Lipinski definition) is 0. The first kappa shape index (κ1) is 27.4. The second kappa shape index (κ2) is 13.3. The van der Waals surface area contributed by atoms with Gasteiger partial charge in [-0.3, -0.25) is 0 Å². The third kappa shape index (κ3) is 5.48. The lowest BCUT2D eigenvalue weighted by molar-refractivity contribution is 1.07. The van der Waals surface area contributed by atoms with E-state index in [0.29, 0.717) is 23.0 Å². The molecule has 0 N–H and O–H groups in total. The largest absolute Gasteiger partial charge is 0.309 e. The molecule has 11 rings (SSSR count). The average Bonchev–Trinajstić information content (AvgIpc) is 3.86. The smallest absolute Gasteiger partial charge is 0.164 e. The molecule has 5 heteroatoms. The molecule has 0 bridgehead atoms. The van der Waals surface area contributed by atoms with E-state index in [1.807, 2.05) is 72.8 Å². The van der Waals surface area contributed by atoms with Gasteiger partial charge < -0.3 is 4.57 Å². The van der Waals surface area contributed by atoms with Crippen LogP contribution in [0.3, 0.4) is 0 Å². The fourth-order valence-electron chi connectivity index (χ4n) is 7.70. The monoisotopic (exact) mass is 737 g/mol. The van der Waals surface area contributed by atoms with E-state index in [-0.39, 0.29) is 29.7 Å². The van der Waals surface area contributed by atoms with Crippen LogP contribution in [0.15, 0.2) is 194 Å². The minimum Gasteiger partial charge on any atom is -0.309 e. The van der Waals surface area contributed by atoms with Gasteiger partial charge in [0.2, 0.25) is 0 Å². The van der Waals surface area contributed by atoms with E-state index in [1.165, 1.54) is 22.1 Å². The lowest BCUT2D eigenvalue weighted by atomic mass is 9.96. The number of para-hydroxylation sites is 2. The summed E-state index contributed by atoms with van der Waals surface area (Å²) in [5.41, 5.74) is 8.45. The van der Waals surface area contributed by atoms with Crippen molar-refractivity contribution in [2.75, 3.05) is 0 Å². The van der Waals surface area contributed by atoms with Crippen molar-refractivity contribution < 1.29 is 6.85 Å².